The molecule has 0 fully saturated rings. The maximum Gasteiger partial charge on any atom is 0.275 e. The Morgan fingerprint density at radius 3 is 2.92 bits per heavy atom. The van der Waals surface area contributed by atoms with Crippen molar-refractivity contribution in [1.29, 1.82) is 0 Å². The van der Waals surface area contributed by atoms with Crippen LogP contribution in [-0.4, -0.2) is 40.4 Å². The van der Waals surface area contributed by atoms with E-state index in [0.717, 1.165) is 17.1 Å². The first-order chi connectivity index (χ1) is 11.5. The number of methoxy groups -OCH3 is 1. The Bertz CT molecular complexity index is 935. The number of aromatic nitrogens is 3. The van der Waals surface area contributed by atoms with Crippen LogP contribution in [0, 0.1) is 6.92 Å². The summed E-state index contributed by atoms with van der Waals surface area (Å²) in [6.07, 6.45) is 0.754. The van der Waals surface area contributed by atoms with Gasteiger partial charge in [-0.25, -0.2) is 4.98 Å². The number of ether oxygens (including phenoxy) is 1. The molecule has 0 aliphatic carbocycles. The monoisotopic (exact) mass is 346 g/mol. The van der Waals surface area contributed by atoms with Crippen molar-refractivity contribution in [3.8, 4) is 11.5 Å². The molecule has 0 spiro atoms. The molecule has 0 radical (unpaired) electrons. The van der Waals surface area contributed by atoms with Crippen molar-refractivity contribution in [1.82, 2.24) is 14.6 Å². The lowest BCUT2D eigenvalue weighted by Gasteiger charge is -2.15. The highest BCUT2D eigenvalue weighted by Gasteiger charge is 2.12. The van der Waals surface area contributed by atoms with Gasteiger partial charge in [0.25, 0.3) is 5.56 Å². The molecule has 0 atom stereocenters. The van der Waals surface area contributed by atoms with Gasteiger partial charge in [0.15, 0.2) is 11.5 Å². The number of aromatic hydroxyl groups is 1. The Morgan fingerprint density at radius 1 is 1.38 bits per heavy atom. The van der Waals surface area contributed by atoms with Gasteiger partial charge in [-0.15, -0.1) is 5.10 Å². The molecule has 3 aromatic rings. The van der Waals surface area contributed by atoms with Crippen molar-refractivity contribution >= 4 is 21.4 Å². The molecule has 1 aromatic carbocycles. The van der Waals surface area contributed by atoms with Crippen LogP contribution in [0.3, 0.4) is 0 Å². The van der Waals surface area contributed by atoms with Gasteiger partial charge < -0.3 is 14.7 Å². The second-order valence-electron chi connectivity index (χ2n) is 5.49. The van der Waals surface area contributed by atoms with E-state index in [2.05, 4.69) is 10.1 Å². The average Bonchev–Trinajstić information content (AvgIpc) is 2.98. The number of fused-ring (bicyclic) bond motifs is 1. The van der Waals surface area contributed by atoms with Crippen LogP contribution in [0.5, 0.6) is 11.5 Å². The van der Waals surface area contributed by atoms with Crippen LogP contribution in [0.1, 0.15) is 11.3 Å². The fraction of sp³-hybridized carbons (Fsp3) is 0.312. The molecule has 2 aromatic heterocycles. The number of likely N-dealkylation sites (N-methyl/N-ethyl adjacent to an activating group) is 1. The molecule has 0 saturated carbocycles. The van der Waals surface area contributed by atoms with Crippen LogP contribution in [0.15, 0.2) is 29.1 Å². The highest BCUT2D eigenvalue weighted by Crippen LogP contribution is 2.27. The molecule has 0 bridgehead atoms. The molecule has 0 aliphatic rings. The van der Waals surface area contributed by atoms with Gasteiger partial charge in [0.2, 0.25) is 10.1 Å². The molecule has 0 amide bonds. The normalized spacial score (nSPS) is 11.0. The number of phenolic OH excluding ortho intramolecular Hbond substituents is 1. The fourth-order valence-electron chi connectivity index (χ4n) is 2.33. The third-order valence-corrected chi connectivity index (χ3v) is 4.69. The molecule has 7 nitrogen and oxygen atoms in total. The quantitative estimate of drug-likeness (QED) is 0.759. The number of benzene rings is 1. The molecule has 0 saturated heterocycles. The predicted octanol–water partition coefficient (Wildman–Crippen LogP) is 1.85. The lowest BCUT2D eigenvalue weighted by Crippen LogP contribution is -2.21. The summed E-state index contributed by atoms with van der Waals surface area (Å²) in [6, 6.07) is 6.77. The maximum atomic E-state index is 11.9. The maximum absolute atomic E-state index is 11.9. The largest absolute Gasteiger partial charge is 0.504 e. The molecule has 8 heteroatoms. The molecule has 1 N–H and O–H groups in total. The summed E-state index contributed by atoms with van der Waals surface area (Å²) in [5.41, 5.74) is 1.56. The van der Waals surface area contributed by atoms with Gasteiger partial charge in [-0.1, -0.05) is 17.4 Å². The Morgan fingerprint density at radius 2 is 2.17 bits per heavy atom. The van der Waals surface area contributed by atoms with Gasteiger partial charge in [0, 0.05) is 25.4 Å². The Labute approximate surface area is 142 Å². The number of aryl methyl sites for hydroxylation is 1. The number of phenols is 1. The van der Waals surface area contributed by atoms with Crippen LogP contribution >= 0.6 is 11.3 Å². The number of nitrogens with zero attached hydrogens (tertiary/aromatic N) is 4. The minimum atomic E-state index is -0.170. The zero-order valence-electron chi connectivity index (χ0n) is 13.7. The second kappa shape index (κ2) is 6.48. The predicted molar refractivity (Wildman–Crippen MR) is 93.5 cm³/mol. The molecule has 0 unspecified atom stereocenters. The summed E-state index contributed by atoms with van der Waals surface area (Å²) >= 11 is 1.38. The van der Waals surface area contributed by atoms with E-state index < -0.39 is 0 Å². The molecule has 126 valence electrons. The summed E-state index contributed by atoms with van der Waals surface area (Å²) < 4.78 is 6.45. The molecule has 3 rings (SSSR count). The first-order valence-corrected chi connectivity index (χ1v) is 8.24. The van der Waals surface area contributed by atoms with Crippen LogP contribution in [0.2, 0.25) is 0 Å². The zero-order valence-corrected chi connectivity index (χ0v) is 14.5. The summed E-state index contributed by atoms with van der Waals surface area (Å²) in [4.78, 5) is 18.8. The van der Waals surface area contributed by atoms with E-state index >= 15 is 0 Å². The summed E-state index contributed by atoms with van der Waals surface area (Å²) in [7, 11) is 3.45. The highest BCUT2D eigenvalue weighted by atomic mass is 32.1. The Kier molecular flexibility index (Phi) is 4.39. The van der Waals surface area contributed by atoms with Gasteiger partial charge in [-0.05, 0) is 31.0 Å². The Balaban J connectivity index is 1.76. The number of hydrogen-bond donors (Lipinski definition) is 1. The van der Waals surface area contributed by atoms with Crippen LogP contribution < -0.4 is 15.2 Å². The minimum absolute atomic E-state index is 0.126. The van der Waals surface area contributed by atoms with Crippen LogP contribution in [0.4, 0.5) is 5.13 Å². The lowest BCUT2D eigenvalue weighted by molar-refractivity contribution is 0.373. The first-order valence-electron chi connectivity index (χ1n) is 7.42. The lowest BCUT2D eigenvalue weighted by atomic mass is 10.1. The van der Waals surface area contributed by atoms with Gasteiger partial charge >= 0.3 is 0 Å². The highest BCUT2D eigenvalue weighted by molar-refractivity contribution is 7.20. The first kappa shape index (κ1) is 16.3. The van der Waals surface area contributed by atoms with Crippen molar-refractivity contribution in [3.05, 3.63) is 45.9 Å². The minimum Gasteiger partial charge on any atom is -0.504 e. The van der Waals surface area contributed by atoms with E-state index in [1.54, 1.807) is 13.0 Å². The number of rotatable bonds is 5. The van der Waals surface area contributed by atoms with Crippen molar-refractivity contribution in [2.75, 3.05) is 25.6 Å². The Hall–Kier alpha value is -2.61. The van der Waals surface area contributed by atoms with E-state index in [1.807, 2.05) is 24.1 Å². The molecule has 0 aliphatic heterocycles. The van der Waals surface area contributed by atoms with E-state index in [1.165, 1.54) is 29.0 Å². The number of hydrogen-bond acceptors (Lipinski definition) is 7. The van der Waals surface area contributed by atoms with Crippen molar-refractivity contribution in [2.45, 2.75) is 13.3 Å². The van der Waals surface area contributed by atoms with E-state index in [0.29, 0.717) is 22.9 Å². The SMILES string of the molecule is COc1cc(CCN(C)c2nn3c(=O)cc(C)nc3s2)ccc1O. The van der Waals surface area contributed by atoms with Crippen molar-refractivity contribution < 1.29 is 9.84 Å². The topological polar surface area (TPSA) is 80.0 Å². The summed E-state index contributed by atoms with van der Waals surface area (Å²) in [6.45, 7) is 2.50. The van der Waals surface area contributed by atoms with E-state index in [-0.39, 0.29) is 11.3 Å². The van der Waals surface area contributed by atoms with E-state index in [9.17, 15) is 9.90 Å². The summed E-state index contributed by atoms with van der Waals surface area (Å²) in [5.74, 6) is 0.586. The van der Waals surface area contributed by atoms with Gasteiger partial charge in [-0.3, -0.25) is 4.79 Å². The van der Waals surface area contributed by atoms with Gasteiger partial charge in [0.05, 0.1) is 7.11 Å². The average molecular weight is 346 g/mol. The van der Waals surface area contributed by atoms with Gasteiger partial charge in [-0.2, -0.15) is 4.52 Å². The zero-order chi connectivity index (χ0) is 17.3. The molecule has 24 heavy (non-hydrogen) atoms. The summed E-state index contributed by atoms with van der Waals surface area (Å²) in [5, 5.41) is 14.7. The van der Waals surface area contributed by atoms with Gasteiger partial charge in [0.1, 0.15) is 0 Å². The van der Waals surface area contributed by atoms with Crippen molar-refractivity contribution in [3.63, 3.8) is 0 Å². The number of anilines is 1. The fourth-order valence-corrected chi connectivity index (χ4v) is 3.27. The molecular weight excluding hydrogens is 328 g/mol. The van der Waals surface area contributed by atoms with Crippen LogP contribution in [-0.2, 0) is 6.42 Å². The smallest absolute Gasteiger partial charge is 0.275 e. The standard InChI is InChI=1S/C16H18N4O3S/c1-10-8-14(22)20-15(17-10)24-16(18-20)19(2)7-6-11-4-5-12(21)13(9-11)23-3/h4-5,8-9,21H,6-7H2,1-3H3. The third kappa shape index (κ3) is 3.18. The third-order valence-electron chi connectivity index (χ3n) is 3.67. The van der Waals surface area contributed by atoms with Crippen molar-refractivity contribution in [2.24, 2.45) is 0 Å². The van der Waals surface area contributed by atoms with Crippen LogP contribution in [0.25, 0.3) is 4.96 Å². The van der Waals surface area contributed by atoms with E-state index in [4.69, 9.17) is 4.74 Å². The molecular formula is C16H18N4O3S. The molecule has 2 heterocycles. The second-order valence-corrected chi connectivity index (χ2v) is 6.43.